The first-order valence-corrected chi connectivity index (χ1v) is 9.07. The molecule has 1 heterocycles. The van der Waals surface area contributed by atoms with Crippen molar-refractivity contribution in [1.82, 2.24) is 4.98 Å². The molecule has 0 saturated heterocycles. The number of hydrogen-bond donors (Lipinski definition) is 1. The van der Waals surface area contributed by atoms with Gasteiger partial charge in [0.1, 0.15) is 5.56 Å². The molecule has 1 aromatic carbocycles. The number of ketones is 1. The number of benzene rings is 1. The van der Waals surface area contributed by atoms with Gasteiger partial charge in [-0.1, -0.05) is 0 Å². The summed E-state index contributed by atoms with van der Waals surface area (Å²) < 4.78 is 20.4. The summed E-state index contributed by atoms with van der Waals surface area (Å²) in [6, 6.07) is 2.86. The lowest BCUT2D eigenvalue weighted by molar-refractivity contribution is 0.0467. The maximum atomic E-state index is 12.6. The van der Waals surface area contributed by atoms with Crippen LogP contribution in [0.2, 0.25) is 0 Å². The van der Waals surface area contributed by atoms with E-state index in [1.54, 1.807) is 20.8 Å². The summed E-state index contributed by atoms with van der Waals surface area (Å²) in [6.07, 6.45) is 0.477. The Hall–Kier alpha value is -3.62. The number of Topliss-reactive ketones (excluding diaryl/α,β-unsaturated/α-hetero) is 1. The van der Waals surface area contributed by atoms with Crippen LogP contribution in [0.4, 0.5) is 0 Å². The molecule has 2 aromatic rings. The van der Waals surface area contributed by atoms with Crippen LogP contribution >= 0.6 is 0 Å². The Balaban J connectivity index is 2.26. The smallest absolute Gasteiger partial charge is 0.343 e. The number of nitrogens with one attached hydrogen (secondary N) is 1. The van der Waals surface area contributed by atoms with Gasteiger partial charge in [-0.05, 0) is 38.5 Å². The van der Waals surface area contributed by atoms with E-state index in [-0.39, 0.29) is 40.5 Å². The van der Waals surface area contributed by atoms with Gasteiger partial charge in [-0.3, -0.25) is 9.59 Å². The van der Waals surface area contributed by atoms with Crippen molar-refractivity contribution >= 4 is 24.0 Å². The average molecular weight is 417 g/mol. The van der Waals surface area contributed by atoms with Gasteiger partial charge in [-0.2, -0.15) is 0 Å². The molecule has 0 unspecified atom stereocenters. The van der Waals surface area contributed by atoms with Gasteiger partial charge < -0.3 is 23.9 Å². The Morgan fingerprint density at radius 1 is 1.00 bits per heavy atom. The van der Waals surface area contributed by atoms with Gasteiger partial charge in [0.05, 0.1) is 32.1 Å². The molecule has 1 N–H and O–H groups in total. The number of rotatable bonds is 9. The van der Waals surface area contributed by atoms with Crippen molar-refractivity contribution in [2.75, 3.05) is 27.4 Å². The van der Waals surface area contributed by atoms with Crippen LogP contribution in [0, 0.1) is 13.8 Å². The Labute approximate surface area is 173 Å². The zero-order valence-corrected chi connectivity index (χ0v) is 17.4. The Morgan fingerprint density at radius 2 is 1.67 bits per heavy atom. The van der Waals surface area contributed by atoms with E-state index < -0.39 is 24.3 Å². The number of esters is 2. The van der Waals surface area contributed by atoms with Crippen LogP contribution in [-0.4, -0.2) is 56.4 Å². The summed E-state index contributed by atoms with van der Waals surface area (Å²) in [7, 11) is 2.70. The predicted octanol–water partition coefficient (Wildman–Crippen LogP) is 2.68. The van der Waals surface area contributed by atoms with Crippen molar-refractivity contribution in [3.8, 4) is 11.5 Å². The van der Waals surface area contributed by atoms with E-state index in [0.29, 0.717) is 17.5 Å². The number of aromatic amines is 1. The van der Waals surface area contributed by atoms with Crippen LogP contribution in [0.5, 0.6) is 11.5 Å². The number of hydrogen-bond acceptors (Lipinski definition) is 8. The van der Waals surface area contributed by atoms with E-state index in [2.05, 4.69) is 4.98 Å². The SMILES string of the molecule is CCOC(=O)c1c(C)[nH]c(C(=O)COC(=O)c2c(C=O)ccc(OC)c2OC)c1C. The van der Waals surface area contributed by atoms with Crippen LogP contribution in [0.25, 0.3) is 0 Å². The molecular formula is C21H23NO8. The monoisotopic (exact) mass is 417 g/mol. The lowest BCUT2D eigenvalue weighted by atomic mass is 10.1. The molecule has 0 saturated carbocycles. The fourth-order valence-corrected chi connectivity index (χ4v) is 3.06. The summed E-state index contributed by atoms with van der Waals surface area (Å²) in [6.45, 7) is 4.51. The normalized spacial score (nSPS) is 10.3. The summed E-state index contributed by atoms with van der Waals surface area (Å²) in [5, 5.41) is 0. The largest absolute Gasteiger partial charge is 0.493 e. The van der Waals surface area contributed by atoms with Crippen molar-refractivity contribution in [3.05, 3.63) is 45.8 Å². The van der Waals surface area contributed by atoms with Gasteiger partial charge in [0.2, 0.25) is 5.78 Å². The van der Waals surface area contributed by atoms with E-state index in [1.807, 2.05) is 0 Å². The molecule has 0 atom stereocenters. The first-order chi connectivity index (χ1) is 14.3. The number of aryl methyl sites for hydroxylation is 1. The van der Waals surface area contributed by atoms with Gasteiger partial charge in [0.25, 0.3) is 0 Å². The molecule has 0 radical (unpaired) electrons. The highest BCUT2D eigenvalue weighted by Crippen LogP contribution is 2.33. The van der Waals surface area contributed by atoms with Gasteiger partial charge >= 0.3 is 11.9 Å². The molecule has 0 amide bonds. The van der Waals surface area contributed by atoms with Gasteiger partial charge in [-0.15, -0.1) is 0 Å². The van der Waals surface area contributed by atoms with Crippen LogP contribution < -0.4 is 9.47 Å². The van der Waals surface area contributed by atoms with Gasteiger partial charge in [0, 0.05) is 11.3 Å². The highest BCUT2D eigenvalue weighted by atomic mass is 16.5. The molecule has 0 aliphatic heterocycles. The van der Waals surface area contributed by atoms with Crippen LogP contribution in [0.15, 0.2) is 12.1 Å². The molecule has 2 rings (SSSR count). The molecule has 0 fully saturated rings. The Morgan fingerprint density at radius 3 is 2.23 bits per heavy atom. The van der Waals surface area contributed by atoms with E-state index in [0.717, 1.165) is 0 Å². The van der Waals surface area contributed by atoms with E-state index in [1.165, 1.54) is 26.4 Å². The van der Waals surface area contributed by atoms with E-state index in [9.17, 15) is 19.2 Å². The summed E-state index contributed by atoms with van der Waals surface area (Å²) in [5.41, 5.74) is 1.16. The molecule has 1 aromatic heterocycles. The third-order valence-electron chi connectivity index (χ3n) is 4.44. The number of aldehydes is 1. The van der Waals surface area contributed by atoms with Crippen molar-refractivity contribution in [1.29, 1.82) is 0 Å². The predicted molar refractivity (Wildman–Crippen MR) is 106 cm³/mol. The first kappa shape index (κ1) is 22.7. The second-order valence-electron chi connectivity index (χ2n) is 6.23. The summed E-state index contributed by atoms with van der Waals surface area (Å²) in [4.78, 5) is 51.5. The minimum Gasteiger partial charge on any atom is -0.493 e. The lowest BCUT2D eigenvalue weighted by Gasteiger charge is -2.13. The second kappa shape index (κ2) is 9.73. The van der Waals surface area contributed by atoms with Crippen molar-refractivity contribution < 1.29 is 38.1 Å². The standard InChI is InChI=1S/C21H23NO8/c1-6-29-20(25)16-11(2)18(22-12(16)3)14(24)10-30-21(26)17-13(9-23)7-8-15(27-4)19(17)28-5/h7-9,22H,6,10H2,1-5H3. The fourth-order valence-electron chi connectivity index (χ4n) is 3.06. The number of aromatic nitrogens is 1. The van der Waals surface area contributed by atoms with Crippen molar-refractivity contribution in [3.63, 3.8) is 0 Å². The minimum atomic E-state index is -0.923. The minimum absolute atomic E-state index is 0.0241. The number of ether oxygens (including phenoxy) is 4. The van der Waals surface area contributed by atoms with E-state index >= 15 is 0 Å². The molecule has 0 aliphatic carbocycles. The fraction of sp³-hybridized carbons (Fsp3) is 0.333. The highest BCUT2D eigenvalue weighted by Gasteiger charge is 2.26. The van der Waals surface area contributed by atoms with Gasteiger partial charge in [-0.25, -0.2) is 9.59 Å². The Kier molecular flexibility index (Phi) is 7.35. The van der Waals surface area contributed by atoms with Crippen LogP contribution in [-0.2, 0) is 9.47 Å². The topological polar surface area (TPSA) is 121 Å². The maximum absolute atomic E-state index is 12.6. The molecule has 0 spiro atoms. The number of H-pyrrole nitrogens is 1. The summed E-state index contributed by atoms with van der Waals surface area (Å²) in [5.74, 6) is -1.76. The third kappa shape index (κ3) is 4.35. The first-order valence-electron chi connectivity index (χ1n) is 9.07. The van der Waals surface area contributed by atoms with E-state index in [4.69, 9.17) is 18.9 Å². The van der Waals surface area contributed by atoms with Crippen molar-refractivity contribution in [2.45, 2.75) is 20.8 Å². The molecule has 30 heavy (non-hydrogen) atoms. The second-order valence-corrected chi connectivity index (χ2v) is 6.23. The average Bonchev–Trinajstić information content (AvgIpc) is 3.04. The highest BCUT2D eigenvalue weighted by molar-refractivity contribution is 6.05. The van der Waals surface area contributed by atoms with Crippen molar-refractivity contribution in [2.24, 2.45) is 0 Å². The molecule has 0 aliphatic rings. The quantitative estimate of drug-likeness (QED) is 0.376. The zero-order chi connectivity index (χ0) is 22.4. The molecule has 0 bridgehead atoms. The zero-order valence-electron chi connectivity index (χ0n) is 17.4. The van der Waals surface area contributed by atoms with Gasteiger partial charge in [0.15, 0.2) is 24.4 Å². The number of carbonyl (C=O) groups is 4. The molecule has 160 valence electrons. The van der Waals surface area contributed by atoms with Crippen LogP contribution in [0.1, 0.15) is 59.7 Å². The number of carbonyl (C=O) groups excluding carboxylic acids is 4. The molecule has 9 heteroatoms. The summed E-state index contributed by atoms with van der Waals surface area (Å²) >= 11 is 0. The molecular weight excluding hydrogens is 394 g/mol. The Bertz CT molecular complexity index is 989. The lowest BCUT2D eigenvalue weighted by Crippen LogP contribution is -2.17. The number of methoxy groups -OCH3 is 2. The third-order valence-corrected chi connectivity index (χ3v) is 4.44. The molecule has 9 nitrogen and oxygen atoms in total. The van der Waals surface area contributed by atoms with Crippen LogP contribution in [0.3, 0.4) is 0 Å². The maximum Gasteiger partial charge on any atom is 0.343 e.